The zero-order valence-corrected chi connectivity index (χ0v) is 15.7. The average molecular weight is 319 g/mol. The third-order valence-electron chi connectivity index (χ3n) is 6.99. The van der Waals surface area contributed by atoms with Gasteiger partial charge in [0.1, 0.15) is 0 Å². The van der Waals surface area contributed by atoms with E-state index in [1.165, 1.54) is 31.1 Å². The number of hydrogen-bond donors (Lipinski definition) is 0. The van der Waals surface area contributed by atoms with Crippen LogP contribution in [0.5, 0.6) is 0 Å². The first-order valence-corrected chi connectivity index (χ1v) is 9.17. The monoisotopic (exact) mass is 318 g/mol. The Balaban J connectivity index is 2.31. The fraction of sp³-hybridized carbons (Fsp3) is 0.762. The van der Waals surface area contributed by atoms with E-state index in [9.17, 15) is 4.79 Å². The quantitative estimate of drug-likeness (QED) is 0.492. The number of carbonyl (C=O) groups excluding carboxylic acids is 1. The minimum Gasteiger partial charge on any atom is -0.469 e. The highest BCUT2D eigenvalue weighted by atomic mass is 16.5. The molecule has 0 aromatic rings. The van der Waals surface area contributed by atoms with Gasteiger partial charge in [0.15, 0.2) is 0 Å². The molecule has 0 heterocycles. The van der Waals surface area contributed by atoms with Crippen LogP contribution in [0.4, 0.5) is 0 Å². The van der Waals surface area contributed by atoms with E-state index >= 15 is 0 Å². The van der Waals surface area contributed by atoms with E-state index in [0.717, 1.165) is 32.1 Å². The van der Waals surface area contributed by atoms with Crippen molar-refractivity contribution in [3.05, 3.63) is 23.8 Å². The molecule has 0 saturated heterocycles. The molecular formula is C21H34O2. The normalized spacial score (nSPS) is 38.1. The number of allylic oxidation sites excluding steroid dienone is 3. The molecule has 0 radical (unpaired) electrons. The molecule has 0 aliphatic heterocycles. The molecule has 0 aromatic carbocycles. The smallest absolute Gasteiger partial charge is 0.311 e. The molecule has 1 unspecified atom stereocenters. The van der Waals surface area contributed by atoms with Gasteiger partial charge in [-0.2, -0.15) is 0 Å². The van der Waals surface area contributed by atoms with E-state index < -0.39 is 0 Å². The zero-order chi connectivity index (χ0) is 17.3. The third kappa shape index (κ3) is 3.14. The number of methoxy groups -OCH3 is 1. The number of fused-ring (bicyclic) bond motifs is 1. The Kier molecular flexibility index (Phi) is 5.43. The molecule has 2 heteroatoms. The van der Waals surface area contributed by atoms with Crippen LogP contribution in [0.2, 0.25) is 0 Å². The van der Waals surface area contributed by atoms with Crippen molar-refractivity contribution in [3.8, 4) is 0 Å². The van der Waals surface area contributed by atoms with E-state index in [0.29, 0.717) is 11.8 Å². The maximum atomic E-state index is 12.5. The van der Waals surface area contributed by atoms with Gasteiger partial charge in [0.05, 0.1) is 12.5 Å². The Morgan fingerprint density at radius 3 is 2.70 bits per heavy atom. The largest absolute Gasteiger partial charge is 0.469 e. The Morgan fingerprint density at radius 1 is 1.39 bits per heavy atom. The first-order valence-electron chi connectivity index (χ1n) is 9.17. The van der Waals surface area contributed by atoms with E-state index in [1.54, 1.807) is 0 Å². The molecular weight excluding hydrogens is 284 g/mol. The minimum atomic E-state index is -0.323. The van der Waals surface area contributed by atoms with Gasteiger partial charge in [0, 0.05) is 0 Å². The number of hydrogen-bond acceptors (Lipinski definition) is 2. The van der Waals surface area contributed by atoms with Crippen molar-refractivity contribution in [2.45, 2.75) is 72.6 Å². The molecule has 0 bridgehead atoms. The number of carbonyl (C=O) groups is 1. The van der Waals surface area contributed by atoms with Crippen molar-refractivity contribution in [1.29, 1.82) is 0 Å². The molecule has 130 valence electrons. The lowest BCUT2D eigenvalue weighted by molar-refractivity contribution is -0.168. The van der Waals surface area contributed by atoms with Gasteiger partial charge in [-0.1, -0.05) is 37.1 Å². The fourth-order valence-corrected chi connectivity index (χ4v) is 5.48. The second-order valence-electron chi connectivity index (χ2n) is 8.24. The van der Waals surface area contributed by atoms with E-state index in [4.69, 9.17) is 4.74 Å². The maximum Gasteiger partial charge on any atom is 0.311 e. The lowest BCUT2D eigenvalue weighted by Gasteiger charge is -2.57. The molecule has 0 aromatic heterocycles. The molecule has 2 aliphatic rings. The molecule has 4 atom stereocenters. The highest BCUT2D eigenvalue weighted by Gasteiger charge is 2.57. The maximum absolute atomic E-state index is 12.5. The first kappa shape index (κ1) is 18.3. The van der Waals surface area contributed by atoms with Crippen molar-refractivity contribution in [1.82, 2.24) is 0 Å². The molecule has 2 aliphatic carbocycles. The summed E-state index contributed by atoms with van der Waals surface area (Å²) < 4.78 is 5.19. The van der Waals surface area contributed by atoms with E-state index in [2.05, 4.69) is 40.3 Å². The van der Waals surface area contributed by atoms with Gasteiger partial charge in [-0.3, -0.25) is 4.79 Å². The second kappa shape index (κ2) is 6.83. The van der Waals surface area contributed by atoms with Gasteiger partial charge in [0.2, 0.25) is 0 Å². The molecule has 0 spiro atoms. The van der Waals surface area contributed by atoms with Gasteiger partial charge in [0.25, 0.3) is 0 Å². The van der Waals surface area contributed by atoms with Crippen molar-refractivity contribution < 1.29 is 9.53 Å². The first-order chi connectivity index (χ1) is 10.8. The SMILES string of the molecule is C=C1CCC2[C@](C)(CCC[C@]2(C)C(=O)OC)[C@H]1CC/C(C)=C/C. The molecule has 2 rings (SSSR count). The van der Waals surface area contributed by atoms with Crippen molar-refractivity contribution in [3.63, 3.8) is 0 Å². The summed E-state index contributed by atoms with van der Waals surface area (Å²) in [5.74, 6) is 0.933. The second-order valence-corrected chi connectivity index (χ2v) is 8.24. The summed E-state index contributed by atoms with van der Waals surface area (Å²) in [7, 11) is 1.54. The average Bonchev–Trinajstić information content (AvgIpc) is 2.52. The minimum absolute atomic E-state index is 0.00989. The lowest BCUT2D eigenvalue weighted by atomic mass is 9.46. The van der Waals surface area contributed by atoms with Gasteiger partial charge >= 0.3 is 5.97 Å². The summed E-state index contributed by atoms with van der Waals surface area (Å²) in [6.07, 6.45) is 9.95. The summed E-state index contributed by atoms with van der Waals surface area (Å²) in [6.45, 7) is 13.3. The fourth-order valence-electron chi connectivity index (χ4n) is 5.48. The van der Waals surface area contributed by atoms with Crippen LogP contribution in [0.15, 0.2) is 23.8 Å². The van der Waals surface area contributed by atoms with E-state index in [1.807, 2.05) is 0 Å². The van der Waals surface area contributed by atoms with Crippen LogP contribution in [0.3, 0.4) is 0 Å². The van der Waals surface area contributed by atoms with Gasteiger partial charge < -0.3 is 4.74 Å². The summed E-state index contributed by atoms with van der Waals surface area (Å²) in [5, 5.41) is 0. The Morgan fingerprint density at radius 2 is 2.09 bits per heavy atom. The van der Waals surface area contributed by atoms with Crippen molar-refractivity contribution in [2.75, 3.05) is 7.11 Å². The van der Waals surface area contributed by atoms with Gasteiger partial charge in [-0.15, -0.1) is 0 Å². The Hall–Kier alpha value is -1.05. The number of ether oxygens (including phenoxy) is 1. The number of rotatable bonds is 4. The summed E-state index contributed by atoms with van der Waals surface area (Å²) in [5.41, 5.74) is 2.72. The highest BCUT2D eigenvalue weighted by molar-refractivity contribution is 5.77. The molecule has 0 N–H and O–H groups in total. The zero-order valence-electron chi connectivity index (χ0n) is 15.7. The molecule has 23 heavy (non-hydrogen) atoms. The van der Waals surface area contributed by atoms with Crippen LogP contribution >= 0.6 is 0 Å². The van der Waals surface area contributed by atoms with Gasteiger partial charge in [-0.05, 0) is 76.5 Å². The van der Waals surface area contributed by atoms with E-state index in [-0.39, 0.29) is 16.8 Å². The predicted octanol–water partition coefficient (Wildman–Crippen LogP) is 5.68. The van der Waals surface area contributed by atoms with Crippen molar-refractivity contribution >= 4 is 5.97 Å². The lowest BCUT2D eigenvalue weighted by Crippen LogP contribution is -2.53. The van der Waals surface area contributed by atoms with Crippen LogP contribution in [0.25, 0.3) is 0 Å². The van der Waals surface area contributed by atoms with Crippen LogP contribution in [-0.4, -0.2) is 13.1 Å². The van der Waals surface area contributed by atoms with Crippen LogP contribution < -0.4 is 0 Å². The Labute approximate surface area is 142 Å². The Bertz CT molecular complexity index is 504. The summed E-state index contributed by atoms with van der Waals surface area (Å²) >= 11 is 0. The number of esters is 1. The predicted molar refractivity (Wildman–Crippen MR) is 96.1 cm³/mol. The highest BCUT2D eigenvalue weighted by Crippen LogP contribution is 2.62. The summed E-state index contributed by atoms with van der Waals surface area (Å²) in [4.78, 5) is 12.5. The van der Waals surface area contributed by atoms with Crippen LogP contribution in [0.1, 0.15) is 72.6 Å². The van der Waals surface area contributed by atoms with Gasteiger partial charge in [-0.25, -0.2) is 0 Å². The summed E-state index contributed by atoms with van der Waals surface area (Å²) in [6, 6.07) is 0. The molecule has 2 nitrogen and oxygen atoms in total. The molecule has 0 amide bonds. The molecule has 2 fully saturated rings. The van der Waals surface area contributed by atoms with Crippen LogP contribution in [-0.2, 0) is 9.53 Å². The molecule has 2 saturated carbocycles. The van der Waals surface area contributed by atoms with Crippen LogP contribution in [0, 0.1) is 22.7 Å². The van der Waals surface area contributed by atoms with Crippen molar-refractivity contribution in [2.24, 2.45) is 22.7 Å². The third-order valence-corrected chi connectivity index (χ3v) is 6.99. The topological polar surface area (TPSA) is 26.3 Å². The standard InChI is InChI=1S/C21H34O2/c1-7-15(2)9-11-17-16(3)10-12-18-20(17,4)13-8-14-21(18,5)19(22)23-6/h7,17-18H,3,8-14H2,1-2,4-6H3/b15-7+/t17-,18?,20+,21-/m0/s1.